The molecule has 20 heavy (non-hydrogen) atoms. The van der Waals surface area contributed by atoms with E-state index in [9.17, 15) is 10.1 Å². The summed E-state index contributed by atoms with van der Waals surface area (Å²) in [6.45, 7) is 1.43. The Morgan fingerprint density at radius 3 is 3.05 bits per heavy atom. The van der Waals surface area contributed by atoms with Crippen LogP contribution < -0.4 is 10.6 Å². The van der Waals surface area contributed by atoms with Gasteiger partial charge in [-0.1, -0.05) is 0 Å². The van der Waals surface area contributed by atoms with Crippen LogP contribution in [0, 0.1) is 10.1 Å². The lowest BCUT2D eigenvalue weighted by Gasteiger charge is -2.25. The Kier molecular flexibility index (Phi) is 3.19. The van der Waals surface area contributed by atoms with E-state index in [1.165, 1.54) is 18.5 Å². The van der Waals surface area contributed by atoms with Crippen LogP contribution in [0.4, 0.5) is 11.5 Å². The van der Waals surface area contributed by atoms with Crippen molar-refractivity contribution in [3.05, 3.63) is 34.6 Å². The molecule has 1 unspecified atom stereocenters. The molecule has 2 aromatic rings. The van der Waals surface area contributed by atoms with E-state index >= 15 is 0 Å². The van der Waals surface area contributed by atoms with Crippen molar-refractivity contribution in [3.63, 3.8) is 0 Å². The minimum absolute atomic E-state index is 0.0528. The smallest absolute Gasteiger partial charge is 0.270 e. The van der Waals surface area contributed by atoms with Crippen molar-refractivity contribution < 1.29 is 4.92 Å². The van der Waals surface area contributed by atoms with Crippen LogP contribution in [0.15, 0.2) is 24.5 Å². The molecule has 1 fully saturated rings. The monoisotopic (exact) mass is 273 g/mol. The Balaban J connectivity index is 2.14. The Bertz CT molecular complexity index is 660. The van der Waals surface area contributed by atoms with Gasteiger partial charge in [0.2, 0.25) is 0 Å². The number of nitrogens with two attached hydrogens (primary N) is 1. The van der Waals surface area contributed by atoms with Crippen LogP contribution in [0.1, 0.15) is 12.8 Å². The summed E-state index contributed by atoms with van der Waals surface area (Å²) in [4.78, 5) is 21.2. The van der Waals surface area contributed by atoms with Crippen molar-refractivity contribution >= 4 is 22.4 Å². The summed E-state index contributed by atoms with van der Waals surface area (Å²) in [6, 6.07) is 4.90. The van der Waals surface area contributed by atoms with Crippen LogP contribution in [0.2, 0.25) is 0 Å². The molecule has 1 aliphatic rings. The van der Waals surface area contributed by atoms with Crippen molar-refractivity contribution in [2.24, 2.45) is 5.73 Å². The summed E-state index contributed by atoms with van der Waals surface area (Å²) in [6.07, 6.45) is 3.58. The van der Waals surface area contributed by atoms with E-state index in [4.69, 9.17) is 5.73 Å². The lowest BCUT2D eigenvalue weighted by atomic mass is 10.2. The maximum atomic E-state index is 10.9. The predicted octanol–water partition coefficient (Wildman–Crippen LogP) is 1.47. The Morgan fingerprint density at radius 1 is 1.45 bits per heavy atom. The van der Waals surface area contributed by atoms with Gasteiger partial charge >= 0.3 is 0 Å². The van der Waals surface area contributed by atoms with Crippen LogP contribution in [0.25, 0.3) is 10.9 Å². The van der Waals surface area contributed by atoms with Crippen LogP contribution in [-0.2, 0) is 0 Å². The average molecular weight is 273 g/mol. The largest absolute Gasteiger partial charge is 0.352 e. The first-order valence-electron chi connectivity index (χ1n) is 6.56. The first-order chi connectivity index (χ1) is 9.70. The standard InChI is InChI=1S/C13H15N5O2/c14-7-10-2-1-5-17(10)13-11-6-9(18(19)20)3-4-12(11)15-8-16-13/h3-4,6,8,10H,1-2,5,7,14H2. The highest BCUT2D eigenvalue weighted by molar-refractivity contribution is 5.91. The summed E-state index contributed by atoms with van der Waals surface area (Å²) in [7, 11) is 0. The quantitative estimate of drug-likeness (QED) is 0.671. The van der Waals surface area contributed by atoms with E-state index in [1.807, 2.05) is 0 Å². The molecule has 1 aliphatic heterocycles. The molecule has 2 N–H and O–H groups in total. The second-order valence-electron chi connectivity index (χ2n) is 4.88. The van der Waals surface area contributed by atoms with Gasteiger partial charge in [-0.3, -0.25) is 10.1 Å². The fraction of sp³-hybridized carbons (Fsp3) is 0.385. The minimum Gasteiger partial charge on any atom is -0.352 e. The van der Waals surface area contributed by atoms with E-state index < -0.39 is 4.92 Å². The lowest BCUT2D eigenvalue weighted by molar-refractivity contribution is -0.384. The SMILES string of the molecule is NCC1CCCN1c1ncnc2ccc([N+](=O)[O-])cc12. The van der Waals surface area contributed by atoms with Gasteiger partial charge in [0.05, 0.1) is 10.4 Å². The average Bonchev–Trinajstić information content (AvgIpc) is 2.94. The van der Waals surface area contributed by atoms with Crippen LogP contribution in [0.3, 0.4) is 0 Å². The van der Waals surface area contributed by atoms with Crippen molar-refractivity contribution in [2.45, 2.75) is 18.9 Å². The fourth-order valence-corrected chi connectivity index (χ4v) is 2.73. The van der Waals surface area contributed by atoms with Gasteiger partial charge < -0.3 is 10.6 Å². The summed E-state index contributed by atoms with van der Waals surface area (Å²) in [5.41, 5.74) is 6.55. The van der Waals surface area contributed by atoms with Crippen LogP contribution in [0.5, 0.6) is 0 Å². The van der Waals surface area contributed by atoms with Crippen molar-refractivity contribution in [2.75, 3.05) is 18.0 Å². The predicted molar refractivity (Wildman–Crippen MR) is 75.6 cm³/mol. The first kappa shape index (κ1) is 12.7. The maximum absolute atomic E-state index is 10.9. The molecule has 0 aliphatic carbocycles. The lowest BCUT2D eigenvalue weighted by Crippen LogP contribution is -2.36. The molecule has 0 saturated carbocycles. The van der Waals surface area contributed by atoms with Gasteiger partial charge in [-0.2, -0.15) is 0 Å². The van der Waals surface area contributed by atoms with Gasteiger partial charge in [0, 0.05) is 36.7 Å². The van der Waals surface area contributed by atoms with E-state index in [0.29, 0.717) is 17.4 Å². The zero-order valence-corrected chi connectivity index (χ0v) is 10.9. The van der Waals surface area contributed by atoms with E-state index in [1.54, 1.807) is 6.07 Å². The van der Waals surface area contributed by atoms with Crippen molar-refractivity contribution in [3.8, 4) is 0 Å². The molecule has 1 saturated heterocycles. The molecule has 7 heteroatoms. The number of rotatable bonds is 3. The van der Waals surface area contributed by atoms with Gasteiger partial charge in [0.25, 0.3) is 5.69 Å². The molecule has 0 amide bonds. The van der Waals surface area contributed by atoms with E-state index in [-0.39, 0.29) is 11.7 Å². The number of nitro groups is 1. The molecular weight excluding hydrogens is 258 g/mol. The third kappa shape index (κ3) is 2.05. The second kappa shape index (κ2) is 5.01. The maximum Gasteiger partial charge on any atom is 0.270 e. The van der Waals surface area contributed by atoms with Crippen LogP contribution in [-0.4, -0.2) is 34.0 Å². The molecule has 104 valence electrons. The summed E-state index contributed by atoms with van der Waals surface area (Å²) >= 11 is 0. The van der Waals surface area contributed by atoms with E-state index in [0.717, 1.165) is 25.2 Å². The second-order valence-corrected chi connectivity index (χ2v) is 4.88. The van der Waals surface area contributed by atoms with Crippen molar-refractivity contribution in [1.29, 1.82) is 0 Å². The number of hydrogen-bond acceptors (Lipinski definition) is 6. The minimum atomic E-state index is -0.402. The molecule has 1 aromatic heterocycles. The number of fused-ring (bicyclic) bond motifs is 1. The van der Waals surface area contributed by atoms with Gasteiger partial charge in [-0.15, -0.1) is 0 Å². The number of hydrogen-bond donors (Lipinski definition) is 1. The molecular formula is C13H15N5O2. The summed E-state index contributed by atoms with van der Waals surface area (Å²) < 4.78 is 0. The van der Waals surface area contributed by atoms with Gasteiger partial charge in [0.1, 0.15) is 12.1 Å². The summed E-state index contributed by atoms with van der Waals surface area (Å²) in [5, 5.41) is 11.6. The normalized spacial score (nSPS) is 18.6. The number of aromatic nitrogens is 2. The van der Waals surface area contributed by atoms with Gasteiger partial charge in [-0.25, -0.2) is 9.97 Å². The molecule has 1 aromatic carbocycles. The Hall–Kier alpha value is -2.28. The molecule has 7 nitrogen and oxygen atoms in total. The van der Waals surface area contributed by atoms with E-state index in [2.05, 4.69) is 14.9 Å². The van der Waals surface area contributed by atoms with Gasteiger partial charge in [0.15, 0.2) is 0 Å². The fourth-order valence-electron chi connectivity index (χ4n) is 2.73. The number of benzene rings is 1. The van der Waals surface area contributed by atoms with Crippen molar-refractivity contribution in [1.82, 2.24) is 9.97 Å². The first-order valence-corrected chi connectivity index (χ1v) is 6.56. The number of nitro benzene ring substituents is 1. The number of nitrogens with zero attached hydrogens (tertiary/aromatic N) is 4. The molecule has 0 spiro atoms. The number of non-ortho nitro benzene ring substituents is 1. The molecule has 0 bridgehead atoms. The Morgan fingerprint density at radius 2 is 2.30 bits per heavy atom. The molecule has 1 atom stereocenters. The Labute approximate surface area is 115 Å². The zero-order valence-electron chi connectivity index (χ0n) is 10.9. The third-order valence-electron chi connectivity index (χ3n) is 3.73. The molecule has 3 rings (SSSR count). The number of anilines is 1. The highest BCUT2D eigenvalue weighted by Crippen LogP contribution is 2.31. The highest BCUT2D eigenvalue weighted by atomic mass is 16.6. The zero-order chi connectivity index (χ0) is 14.1. The molecule has 0 radical (unpaired) electrons. The van der Waals surface area contributed by atoms with Crippen LogP contribution >= 0.6 is 0 Å². The highest BCUT2D eigenvalue weighted by Gasteiger charge is 2.26. The molecule has 2 heterocycles. The third-order valence-corrected chi connectivity index (χ3v) is 3.73. The summed E-state index contributed by atoms with van der Waals surface area (Å²) in [5.74, 6) is 0.742. The van der Waals surface area contributed by atoms with Gasteiger partial charge in [-0.05, 0) is 18.9 Å². The topological polar surface area (TPSA) is 98.2 Å².